The summed E-state index contributed by atoms with van der Waals surface area (Å²) >= 11 is 0. The van der Waals surface area contributed by atoms with E-state index in [-0.39, 0.29) is 5.91 Å². The van der Waals surface area contributed by atoms with Gasteiger partial charge in [-0.1, -0.05) is 20.3 Å². The van der Waals surface area contributed by atoms with Crippen molar-refractivity contribution in [3.63, 3.8) is 0 Å². The number of carbonyl (C=O) groups is 1. The van der Waals surface area contributed by atoms with Crippen molar-refractivity contribution in [2.75, 3.05) is 13.1 Å². The lowest BCUT2D eigenvalue weighted by Crippen LogP contribution is -2.43. The lowest BCUT2D eigenvalue weighted by molar-refractivity contribution is -0.140. The van der Waals surface area contributed by atoms with Gasteiger partial charge in [0.1, 0.15) is 6.10 Å². The fourth-order valence-corrected chi connectivity index (χ4v) is 2.29. The van der Waals surface area contributed by atoms with Crippen molar-refractivity contribution in [1.82, 2.24) is 4.90 Å². The molecule has 0 aromatic heterocycles. The molecule has 0 unspecified atom stereocenters. The first-order valence-electron chi connectivity index (χ1n) is 6.03. The van der Waals surface area contributed by atoms with Gasteiger partial charge in [-0.2, -0.15) is 0 Å². The van der Waals surface area contributed by atoms with E-state index in [4.69, 9.17) is 0 Å². The molecule has 0 saturated carbocycles. The minimum atomic E-state index is -0.842. The van der Waals surface area contributed by atoms with Crippen molar-refractivity contribution < 1.29 is 9.90 Å². The summed E-state index contributed by atoms with van der Waals surface area (Å²) in [7, 11) is 0. The van der Waals surface area contributed by atoms with Crippen molar-refractivity contribution in [2.24, 2.45) is 11.8 Å². The second-order valence-corrected chi connectivity index (χ2v) is 4.72. The standard InChI is InChI=1S/C12H23NO2/c1-4-9(2)11-5-7-13(8-6-11)12(15)10(3)14/h9-11,14H,4-8H2,1-3H3/t9-,10+/m0/s1. The van der Waals surface area contributed by atoms with Gasteiger partial charge in [0.05, 0.1) is 0 Å². The molecule has 15 heavy (non-hydrogen) atoms. The van der Waals surface area contributed by atoms with Gasteiger partial charge in [0.15, 0.2) is 0 Å². The number of amides is 1. The zero-order valence-electron chi connectivity index (χ0n) is 10.1. The van der Waals surface area contributed by atoms with E-state index >= 15 is 0 Å². The quantitative estimate of drug-likeness (QED) is 0.774. The Labute approximate surface area is 92.5 Å². The van der Waals surface area contributed by atoms with E-state index in [1.165, 1.54) is 6.42 Å². The molecule has 0 bridgehead atoms. The third-order valence-corrected chi connectivity index (χ3v) is 3.66. The summed E-state index contributed by atoms with van der Waals surface area (Å²) in [4.78, 5) is 13.3. The molecule has 1 fully saturated rings. The van der Waals surface area contributed by atoms with Gasteiger partial charge in [0, 0.05) is 13.1 Å². The summed E-state index contributed by atoms with van der Waals surface area (Å²) < 4.78 is 0. The van der Waals surface area contributed by atoms with Gasteiger partial charge in [-0.15, -0.1) is 0 Å². The predicted octanol–water partition coefficient (Wildman–Crippen LogP) is 1.65. The first-order chi connectivity index (χ1) is 7.06. The van der Waals surface area contributed by atoms with Gasteiger partial charge in [0.25, 0.3) is 5.91 Å². The van der Waals surface area contributed by atoms with Crippen molar-refractivity contribution in [2.45, 2.75) is 46.1 Å². The molecule has 1 aliphatic heterocycles. The van der Waals surface area contributed by atoms with Crippen molar-refractivity contribution in [3.8, 4) is 0 Å². The van der Waals surface area contributed by atoms with E-state index in [2.05, 4.69) is 13.8 Å². The van der Waals surface area contributed by atoms with Crippen LogP contribution in [0.15, 0.2) is 0 Å². The fraction of sp³-hybridized carbons (Fsp3) is 0.917. The Morgan fingerprint density at radius 3 is 2.33 bits per heavy atom. The molecule has 1 saturated heterocycles. The Bertz CT molecular complexity index is 208. The SMILES string of the molecule is CC[C@H](C)C1CCN(C(=O)[C@@H](C)O)CC1. The molecular formula is C12H23NO2. The van der Waals surface area contributed by atoms with E-state index < -0.39 is 6.10 Å². The van der Waals surface area contributed by atoms with Crippen LogP contribution in [0.5, 0.6) is 0 Å². The van der Waals surface area contributed by atoms with Gasteiger partial charge in [-0.25, -0.2) is 0 Å². The number of nitrogens with zero attached hydrogens (tertiary/aromatic N) is 1. The average Bonchev–Trinajstić information content (AvgIpc) is 2.27. The molecular weight excluding hydrogens is 190 g/mol. The highest BCUT2D eigenvalue weighted by Gasteiger charge is 2.26. The van der Waals surface area contributed by atoms with E-state index in [0.717, 1.165) is 37.8 Å². The van der Waals surface area contributed by atoms with E-state index in [1.54, 1.807) is 11.8 Å². The predicted molar refractivity (Wildman–Crippen MR) is 60.4 cm³/mol. The number of rotatable bonds is 3. The molecule has 0 aromatic rings. The van der Waals surface area contributed by atoms with Crippen LogP contribution < -0.4 is 0 Å². The maximum absolute atomic E-state index is 11.5. The van der Waals surface area contributed by atoms with Gasteiger partial charge in [-0.05, 0) is 31.6 Å². The van der Waals surface area contributed by atoms with Crippen LogP contribution in [0, 0.1) is 11.8 Å². The zero-order valence-corrected chi connectivity index (χ0v) is 10.1. The molecule has 0 aromatic carbocycles. The van der Waals surface area contributed by atoms with Crippen LogP contribution in [-0.2, 0) is 4.79 Å². The molecule has 1 rings (SSSR count). The smallest absolute Gasteiger partial charge is 0.251 e. The van der Waals surface area contributed by atoms with Crippen molar-refractivity contribution in [3.05, 3.63) is 0 Å². The van der Waals surface area contributed by atoms with Crippen LogP contribution in [0.4, 0.5) is 0 Å². The lowest BCUT2D eigenvalue weighted by Gasteiger charge is -2.35. The van der Waals surface area contributed by atoms with Crippen LogP contribution >= 0.6 is 0 Å². The molecule has 1 aliphatic rings. The van der Waals surface area contributed by atoms with E-state index in [9.17, 15) is 9.90 Å². The molecule has 1 amide bonds. The number of aliphatic hydroxyl groups excluding tert-OH is 1. The highest BCUT2D eigenvalue weighted by atomic mass is 16.3. The summed E-state index contributed by atoms with van der Waals surface area (Å²) in [6, 6.07) is 0. The topological polar surface area (TPSA) is 40.5 Å². The summed E-state index contributed by atoms with van der Waals surface area (Å²) in [5.74, 6) is 1.40. The molecule has 3 nitrogen and oxygen atoms in total. The number of aliphatic hydroxyl groups is 1. The highest BCUT2D eigenvalue weighted by molar-refractivity contribution is 5.80. The number of piperidine rings is 1. The second kappa shape index (κ2) is 5.50. The largest absolute Gasteiger partial charge is 0.384 e. The minimum absolute atomic E-state index is 0.113. The Morgan fingerprint density at radius 2 is 1.93 bits per heavy atom. The number of likely N-dealkylation sites (tertiary alicyclic amines) is 1. The highest BCUT2D eigenvalue weighted by Crippen LogP contribution is 2.26. The van der Waals surface area contributed by atoms with Crippen LogP contribution in [0.1, 0.15) is 40.0 Å². The Morgan fingerprint density at radius 1 is 1.40 bits per heavy atom. The van der Waals surface area contributed by atoms with Crippen molar-refractivity contribution >= 4 is 5.91 Å². The maximum atomic E-state index is 11.5. The first-order valence-corrected chi connectivity index (χ1v) is 6.03. The molecule has 2 atom stereocenters. The summed E-state index contributed by atoms with van der Waals surface area (Å²) in [5.41, 5.74) is 0. The fourth-order valence-electron chi connectivity index (χ4n) is 2.29. The third-order valence-electron chi connectivity index (χ3n) is 3.66. The molecule has 1 heterocycles. The van der Waals surface area contributed by atoms with Crippen molar-refractivity contribution in [1.29, 1.82) is 0 Å². The van der Waals surface area contributed by atoms with Crippen LogP contribution in [0.3, 0.4) is 0 Å². The normalized spacial score (nSPS) is 22.5. The lowest BCUT2D eigenvalue weighted by atomic mass is 9.84. The molecule has 0 spiro atoms. The van der Waals surface area contributed by atoms with Crippen LogP contribution in [-0.4, -0.2) is 35.1 Å². The zero-order chi connectivity index (χ0) is 11.4. The van der Waals surface area contributed by atoms with Gasteiger partial charge in [0.2, 0.25) is 0 Å². The van der Waals surface area contributed by atoms with Gasteiger partial charge >= 0.3 is 0 Å². The Hall–Kier alpha value is -0.570. The van der Waals surface area contributed by atoms with Crippen LogP contribution in [0.2, 0.25) is 0 Å². The molecule has 88 valence electrons. The number of hydrogen-bond donors (Lipinski definition) is 1. The monoisotopic (exact) mass is 213 g/mol. The second-order valence-electron chi connectivity index (χ2n) is 4.72. The van der Waals surface area contributed by atoms with E-state index in [0.29, 0.717) is 0 Å². The Balaban J connectivity index is 2.39. The average molecular weight is 213 g/mol. The maximum Gasteiger partial charge on any atom is 0.251 e. The third kappa shape index (κ3) is 3.20. The summed E-state index contributed by atoms with van der Waals surface area (Å²) in [5, 5.41) is 9.20. The molecule has 0 radical (unpaired) electrons. The summed E-state index contributed by atoms with van der Waals surface area (Å²) in [6.07, 6.45) is 2.56. The number of hydrogen-bond acceptors (Lipinski definition) is 2. The Kier molecular flexibility index (Phi) is 4.58. The van der Waals surface area contributed by atoms with Gasteiger partial charge < -0.3 is 10.0 Å². The molecule has 3 heteroatoms. The summed E-state index contributed by atoms with van der Waals surface area (Å²) in [6.45, 7) is 7.69. The van der Waals surface area contributed by atoms with Gasteiger partial charge in [-0.3, -0.25) is 4.79 Å². The minimum Gasteiger partial charge on any atom is -0.384 e. The van der Waals surface area contributed by atoms with Crippen LogP contribution in [0.25, 0.3) is 0 Å². The molecule has 1 N–H and O–H groups in total. The molecule has 0 aliphatic carbocycles. The first kappa shape index (κ1) is 12.5. The number of carbonyl (C=O) groups excluding carboxylic acids is 1. The van der Waals surface area contributed by atoms with E-state index in [1.807, 2.05) is 0 Å².